The molecule has 0 radical (unpaired) electrons. The molecule has 162 valence electrons. The fourth-order valence-corrected chi connectivity index (χ4v) is 3.92. The number of fused-ring (bicyclic) bond motifs is 1. The third kappa shape index (κ3) is 7.35. The number of guanidine groups is 1. The number of aliphatic imine (C=N–C) groups is 1. The Hall–Kier alpha value is -2.08. The molecule has 0 aromatic heterocycles. The molecule has 1 aliphatic heterocycles. The molecule has 1 amide bonds. The molecular weight excluding hydrogens is 362 g/mol. The molecule has 0 bridgehead atoms. The van der Waals surface area contributed by atoms with Crippen molar-refractivity contribution in [1.82, 2.24) is 20.4 Å². The molecule has 1 aromatic rings. The Morgan fingerprint density at radius 3 is 2.10 bits per heavy atom. The van der Waals surface area contributed by atoms with Crippen LogP contribution in [-0.4, -0.2) is 60.4 Å². The van der Waals surface area contributed by atoms with E-state index >= 15 is 0 Å². The summed E-state index contributed by atoms with van der Waals surface area (Å²) in [4.78, 5) is 21.2. The van der Waals surface area contributed by atoms with E-state index in [0.717, 1.165) is 51.5 Å². The van der Waals surface area contributed by atoms with Gasteiger partial charge in [0.2, 0.25) is 5.91 Å². The van der Waals surface area contributed by atoms with Gasteiger partial charge in [0.05, 0.1) is 0 Å². The van der Waals surface area contributed by atoms with Crippen molar-refractivity contribution in [3.8, 4) is 0 Å². The fourth-order valence-electron chi connectivity index (χ4n) is 3.92. The van der Waals surface area contributed by atoms with E-state index in [1.54, 1.807) is 7.05 Å². The first-order valence-corrected chi connectivity index (χ1v) is 11.0. The van der Waals surface area contributed by atoms with Gasteiger partial charge in [0.15, 0.2) is 5.96 Å². The second-order valence-electron chi connectivity index (χ2n) is 8.33. The quantitative estimate of drug-likeness (QED) is 0.359. The minimum absolute atomic E-state index is 0.230. The van der Waals surface area contributed by atoms with E-state index in [1.165, 1.54) is 11.1 Å². The van der Waals surface area contributed by atoms with Gasteiger partial charge in [0.1, 0.15) is 0 Å². The summed E-state index contributed by atoms with van der Waals surface area (Å²) in [5.41, 5.74) is 2.55. The van der Waals surface area contributed by atoms with Gasteiger partial charge >= 0.3 is 0 Å². The molecule has 0 atom stereocenters. The number of carbonyl (C=O) groups excluding carboxylic acids is 1. The molecule has 0 unspecified atom stereocenters. The number of carbonyl (C=O) groups is 1. The molecule has 0 spiro atoms. The minimum atomic E-state index is 0.230. The molecule has 0 aliphatic carbocycles. The van der Waals surface area contributed by atoms with Crippen LogP contribution in [0.4, 0.5) is 0 Å². The average molecular weight is 402 g/mol. The topological polar surface area (TPSA) is 60.0 Å². The second-order valence-corrected chi connectivity index (χ2v) is 8.33. The number of nitrogens with zero attached hydrogens (tertiary/aromatic N) is 3. The standard InChI is InChI=1S/C23H39N5O/c1-18(2)28(19(3)4)15-9-14-26-23(24-5)25-13-8-12-22(29)27-16-20-10-6-7-11-21(20)17-27/h6-7,10-11,18-19H,8-9,12-17H2,1-5H3,(H2,24,25,26). The molecule has 0 saturated heterocycles. The Bertz CT molecular complexity index is 638. The Kier molecular flexibility index (Phi) is 9.45. The second kappa shape index (κ2) is 11.8. The van der Waals surface area contributed by atoms with Crippen LogP contribution in [0.5, 0.6) is 0 Å². The van der Waals surface area contributed by atoms with Crippen LogP contribution < -0.4 is 10.6 Å². The first-order chi connectivity index (χ1) is 13.9. The lowest BCUT2D eigenvalue weighted by Crippen LogP contribution is -2.41. The Morgan fingerprint density at radius 1 is 1.03 bits per heavy atom. The van der Waals surface area contributed by atoms with Crippen LogP contribution in [0.1, 0.15) is 58.1 Å². The van der Waals surface area contributed by atoms with Gasteiger partial charge in [-0.05, 0) is 51.7 Å². The molecule has 1 aromatic carbocycles. The van der Waals surface area contributed by atoms with Crippen LogP contribution >= 0.6 is 0 Å². The lowest BCUT2D eigenvalue weighted by molar-refractivity contribution is -0.131. The minimum Gasteiger partial charge on any atom is -0.356 e. The number of rotatable bonds is 10. The molecule has 6 nitrogen and oxygen atoms in total. The molecular formula is C23H39N5O. The zero-order valence-corrected chi connectivity index (χ0v) is 18.9. The van der Waals surface area contributed by atoms with Crippen molar-refractivity contribution in [2.24, 2.45) is 4.99 Å². The van der Waals surface area contributed by atoms with E-state index in [2.05, 4.69) is 60.4 Å². The van der Waals surface area contributed by atoms with E-state index in [0.29, 0.717) is 18.5 Å². The predicted octanol–water partition coefficient (Wildman–Crippen LogP) is 2.98. The number of hydrogen-bond acceptors (Lipinski definition) is 3. The van der Waals surface area contributed by atoms with Gasteiger partial charge < -0.3 is 15.5 Å². The van der Waals surface area contributed by atoms with Crippen molar-refractivity contribution in [3.63, 3.8) is 0 Å². The van der Waals surface area contributed by atoms with Crippen molar-refractivity contribution in [3.05, 3.63) is 35.4 Å². The van der Waals surface area contributed by atoms with Crippen molar-refractivity contribution in [2.75, 3.05) is 26.7 Å². The van der Waals surface area contributed by atoms with Gasteiger partial charge in [-0.3, -0.25) is 14.7 Å². The average Bonchev–Trinajstić information content (AvgIpc) is 3.13. The highest BCUT2D eigenvalue weighted by Crippen LogP contribution is 2.22. The SMILES string of the molecule is CN=C(NCCCC(=O)N1Cc2ccccc2C1)NCCCN(C(C)C)C(C)C. The number of nitrogens with one attached hydrogen (secondary N) is 2. The summed E-state index contributed by atoms with van der Waals surface area (Å²) in [7, 11) is 1.79. The number of benzene rings is 1. The van der Waals surface area contributed by atoms with Gasteiger partial charge in [0, 0.05) is 58.3 Å². The summed E-state index contributed by atoms with van der Waals surface area (Å²) in [6.45, 7) is 13.2. The summed E-state index contributed by atoms with van der Waals surface area (Å²) in [5, 5.41) is 6.70. The zero-order valence-electron chi connectivity index (χ0n) is 18.9. The Labute approximate surface area is 176 Å². The number of hydrogen-bond donors (Lipinski definition) is 2. The molecule has 29 heavy (non-hydrogen) atoms. The molecule has 0 saturated carbocycles. The van der Waals surface area contributed by atoms with Crippen LogP contribution in [0.15, 0.2) is 29.3 Å². The predicted molar refractivity (Wildman–Crippen MR) is 121 cm³/mol. The molecule has 6 heteroatoms. The highest BCUT2D eigenvalue weighted by Gasteiger charge is 2.22. The van der Waals surface area contributed by atoms with Crippen LogP contribution in [0, 0.1) is 0 Å². The third-order valence-electron chi connectivity index (χ3n) is 5.49. The third-order valence-corrected chi connectivity index (χ3v) is 5.49. The zero-order chi connectivity index (χ0) is 21.2. The van der Waals surface area contributed by atoms with Crippen LogP contribution in [0.3, 0.4) is 0 Å². The van der Waals surface area contributed by atoms with E-state index in [-0.39, 0.29) is 5.91 Å². The van der Waals surface area contributed by atoms with Crippen molar-refractivity contribution < 1.29 is 4.79 Å². The summed E-state index contributed by atoms with van der Waals surface area (Å²) in [6, 6.07) is 9.43. The van der Waals surface area contributed by atoms with Crippen LogP contribution in [0.2, 0.25) is 0 Å². The lowest BCUT2D eigenvalue weighted by Gasteiger charge is -2.30. The van der Waals surface area contributed by atoms with Crippen LogP contribution in [0.25, 0.3) is 0 Å². The summed E-state index contributed by atoms with van der Waals surface area (Å²) >= 11 is 0. The maximum atomic E-state index is 12.5. The summed E-state index contributed by atoms with van der Waals surface area (Å²) < 4.78 is 0. The van der Waals surface area contributed by atoms with Gasteiger partial charge in [-0.1, -0.05) is 24.3 Å². The highest BCUT2D eigenvalue weighted by molar-refractivity contribution is 5.80. The van der Waals surface area contributed by atoms with E-state index in [1.807, 2.05) is 17.0 Å². The van der Waals surface area contributed by atoms with Crippen molar-refractivity contribution >= 4 is 11.9 Å². The first-order valence-electron chi connectivity index (χ1n) is 11.0. The van der Waals surface area contributed by atoms with E-state index in [9.17, 15) is 4.79 Å². The monoisotopic (exact) mass is 401 g/mol. The molecule has 2 rings (SSSR count). The lowest BCUT2D eigenvalue weighted by atomic mass is 10.1. The summed E-state index contributed by atoms with van der Waals surface area (Å²) in [6.07, 6.45) is 2.45. The summed E-state index contributed by atoms with van der Waals surface area (Å²) in [5.74, 6) is 1.04. The maximum absolute atomic E-state index is 12.5. The van der Waals surface area contributed by atoms with Gasteiger partial charge in [-0.2, -0.15) is 0 Å². The maximum Gasteiger partial charge on any atom is 0.223 e. The highest BCUT2D eigenvalue weighted by atomic mass is 16.2. The first kappa shape index (κ1) is 23.2. The Morgan fingerprint density at radius 2 is 1.59 bits per heavy atom. The molecule has 2 N–H and O–H groups in total. The van der Waals surface area contributed by atoms with Crippen molar-refractivity contribution in [1.29, 1.82) is 0 Å². The molecule has 1 heterocycles. The smallest absolute Gasteiger partial charge is 0.223 e. The van der Waals surface area contributed by atoms with E-state index in [4.69, 9.17) is 0 Å². The normalized spacial score (nSPS) is 14.1. The number of amides is 1. The largest absolute Gasteiger partial charge is 0.356 e. The molecule has 0 fully saturated rings. The van der Waals surface area contributed by atoms with Crippen molar-refractivity contribution in [2.45, 2.75) is 72.1 Å². The fraction of sp³-hybridized carbons (Fsp3) is 0.652. The molecule has 1 aliphatic rings. The van der Waals surface area contributed by atoms with Gasteiger partial charge in [0.25, 0.3) is 0 Å². The Balaban J connectivity index is 1.59. The van der Waals surface area contributed by atoms with Gasteiger partial charge in [-0.25, -0.2) is 0 Å². The van der Waals surface area contributed by atoms with Crippen LogP contribution in [-0.2, 0) is 17.9 Å². The van der Waals surface area contributed by atoms with Gasteiger partial charge in [-0.15, -0.1) is 0 Å². The van der Waals surface area contributed by atoms with E-state index < -0.39 is 0 Å².